The van der Waals surface area contributed by atoms with Gasteiger partial charge in [-0.05, 0) is 48.6 Å². The first kappa shape index (κ1) is 19.3. The predicted molar refractivity (Wildman–Crippen MR) is 105 cm³/mol. The lowest BCUT2D eigenvalue weighted by Gasteiger charge is -2.22. The number of hydrogen-bond donors (Lipinski definition) is 2. The number of aryl methyl sites for hydroxylation is 1. The average molecular weight is 386 g/mol. The van der Waals surface area contributed by atoms with Crippen LogP contribution in [0.15, 0.2) is 64.3 Å². The maximum atomic E-state index is 13.0. The third-order valence-electron chi connectivity index (χ3n) is 4.37. The number of nitrogens with zero attached hydrogens (tertiary/aromatic N) is 1. The number of rotatable bonds is 7. The second kappa shape index (κ2) is 8.04. The molecule has 0 saturated heterocycles. The summed E-state index contributed by atoms with van der Waals surface area (Å²) in [5.74, 6) is 0. The van der Waals surface area contributed by atoms with Gasteiger partial charge in [0.2, 0.25) is 10.0 Å². The van der Waals surface area contributed by atoms with Crippen molar-refractivity contribution in [2.24, 2.45) is 0 Å². The minimum absolute atomic E-state index is 0.0591. The molecule has 142 valence electrons. The summed E-state index contributed by atoms with van der Waals surface area (Å²) in [5, 5.41) is 9.99. The van der Waals surface area contributed by atoms with Crippen molar-refractivity contribution in [1.82, 2.24) is 9.29 Å². The van der Waals surface area contributed by atoms with Gasteiger partial charge in [0, 0.05) is 30.8 Å². The van der Waals surface area contributed by atoms with Crippen molar-refractivity contribution < 1.29 is 13.5 Å². The first-order valence-electron chi connectivity index (χ1n) is 8.70. The molecule has 27 heavy (non-hydrogen) atoms. The summed E-state index contributed by atoms with van der Waals surface area (Å²) >= 11 is 0. The van der Waals surface area contributed by atoms with Crippen molar-refractivity contribution >= 4 is 20.9 Å². The van der Waals surface area contributed by atoms with Crippen molar-refractivity contribution in [2.45, 2.75) is 24.8 Å². The van der Waals surface area contributed by atoms with Gasteiger partial charge in [0.1, 0.15) is 0 Å². The maximum absolute atomic E-state index is 13.0. The minimum atomic E-state index is -3.78. The number of aromatic nitrogens is 1. The van der Waals surface area contributed by atoms with Crippen LogP contribution >= 0.6 is 0 Å². The Bertz CT molecular complexity index is 1090. The van der Waals surface area contributed by atoms with Crippen molar-refractivity contribution in [3.63, 3.8) is 0 Å². The number of sulfonamides is 1. The third-order valence-corrected chi connectivity index (χ3v) is 6.23. The van der Waals surface area contributed by atoms with E-state index in [0.29, 0.717) is 5.56 Å². The molecule has 0 amide bonds. The number of nitrogens with one attached hydrogen (secondary N) is 1. The van der Waals surface area contributed by atoms with E-state index >= 15 is 0 Å². The normalized spacial score (nSPS) is 12.0. The molecule has 2 aromatic carbocycles. The molecule has 3 aromatic rings. The van der Waals surface area contributed by atoms with E-state index in [2.05, 4.69) is 4.98 Å². The number of hydrogen-bond acceptors (Lipinski definition) is 4. The van der Waals surface area contributed by atoms with Gasteiger partial charge >= 0.3 is 0 Å². The second-order valence-electron chi connectivity index (χ2n) is 6.44. The van der Waals surface area contributed by atoms with Crippen LogP contribution in [0.1, 0.15) is 17.5 Å². The molecule has 2 N–H and O–H groups in total. The molecular weight excluding hydrogens is 364 g/mol. The number of aromatic amines is 1. The molecule has 3 rings (SSSR count). The van der Waals surface area contributed by atoms with E-state index in [9.17, 15) is 13.2 Å². The van der Waals surface area contributed by atoms with E-state index in [4.69, 9.17) is 5.11 Å². The van der Waals surface area contributed by atoms with Gasteiger partial charge in [0.15, 0.2) is 0 Å². The number of pyridine rings is 1. The molecule has 6 nitrogen and oxygen atoms in total. The van der Waals surface area contributed by atoms with E-state index in [-0.39, 0.29) is 36.6 Å². The van der Waals surface area contributed by atoms with Crippen molar-refractivity contribution in [3.8, 4) is 0 Å². The van der Waals surface area contributed by atoms with Crippen LogP contribution in [-0.4, -0.2) is 36.0 Å². The Hall–Kier alpha value is -2.48. The summed E-state index contributed by atoms with van der Waals surface area (Å²) < 4.78 is 27.2. The summed E-state index contributed by atoms with van der Waals surface area (Å²) in [6, 6.07) is 15.5. The zero-order valence-corrected chi connectivity index (χ0v) is 15.9. The first-order valence-corrected chi connectivity index (χ1v) is 10.1. The summed E-state index contributed by atoms with van der Waals surface area (Å²) in [6.45, 7) is 1.87. The molecule has 0 spiro atoms. The molecule has 7 heteroatoms. The second-order valence-corrected chi connectivity index (χ2v) is 8.38. The zero-order valence-electron chi connectivity index (χ0n) is 15.1. The fourth-order valence-electron chi connectivity index (χ4n) is 2.94. The number of benzene rings is 2. The fourth-order valence-corrected chi connectivity index (χ4v) is 4.42. The molecule has 0 aliphatic rings. The van der Waals surface area contributed by atoms with Gasteiger partial charge in [-0.3, -0.25) is 4.79 Å². The first-order chi connectivity index (χ1) is 12.9. The van der Waals surface area contributed by atoms with Crippen LogP contribution in [0.2, 0.25) is 0 Å². The highest BCUT2D eigenvalue weighted by Crippen LogP contribution is 2.19. The lowest BCUT2D eigenvalue weighted by atomic mass is 10.1. The van der Waals surface area contributed by atoms with Gasteiger partial charge < -0.3 is 10.1 Å². The standard InChI is InChI=1S/C20H22N2O4S/c1-15-8-9-16-13-17(20(24)21-19(16)12-15)14-22(10-5-11-23)27(25,26)18-6-3-2-4-7-18/h2-4,6-9,12-13,23H,5,10-11,14H2,1H3,(H,21,24). The topological polar surface area (TPSA) is 90.5 Å². The summed E-state index contributed by atoms with van der Waals surface area (Å²) in [4.78, 5) is 15.5. The molecule has 0 unspecified atom stereocenters. The number of aliphatic hydroxyl groups is 1. The van der Waals surface area contributed by atoms with Crippen LogP contribution in [0.5, 0.6) is 0 Å². The zero-order chi connectivity index (χ0) is 19.4. The van der Waals surface area contributed by atoms with Gasteiger partial charge in [-0.2, -0.15) is 4.31 Å². The molecule has 0 saturated carbocycles. The van der Waals surface area contributed by atoms with Gasteiger partial charge in [0.25, 0.3) is 5.56 Å². The highest BCUT2D eigenvalue weighted by atomic mass is 32.2. The van der Waals surface area contributed by atoms with Crippen LogP contribution in [0.3, 0.4) is 0 Å². The fraction of sp³-hybridized carbons (Fsp3) is 0.250. The van der Waals surface area contributed by atoms with E-state index in [1.54, 1.807) is 24.3 Å². The van der Waals surface area contributed by atoms with Crippen molar-refractivity contribution in [2.75, 3.05) is 13.2 Å². The molecule has 0 atom stereocenters. The van der Waals surface area contributed by atoms with Crippen LogP contribution in [0.25, 0.3) is 10.9 Å². The van der Waals surface area contributed by atoms with Crippen LogP contribution in [0.4, 0.5) is 0 Å². The number of H-pyrrole nitrogens is 1. The Labute approximate surface area is 158 Å². The lowest BCUT2D eigenvalue weighted by Crippen LogP contribution is -2.34. The van der Waals surface area contributed by atoms with Crippen molar-refractivity contribution in [1.29, 1.82) is 0 Å². The van der Waals surface area contributed by atoms with E-state index < -0.39 is 10.0 Å². The Kier molecular flexibility index (Phi) is 5.74. The van der Waals surface area contributed by atoms with Crippen LogP contribution in [-0.2, 0) is 16.6 Å². The smallest absolute Gasteiger partial charge is 0.252 e. The lowest BCUT2D eigenvalue weighted by molar-refractivity contribution is 0.267. The van der Waals surface area contributed by atoms with Gasteiger partial charge in [-0.1, -0.05) is 30.3 Å². The quantitative estimate of drug-likeness (QED) is 0.652. The number of fused-ring (bicyclic) bond motifs is 1. The maximum Gasteiger partial charge on any atom is 0.252 e. The van der Waals surface area contributed by atoms with E-state index in [1.807, 2.05) is 25.1 Å². The van der Waals surface area contributed by atoms with Gasteiger partial charge in [-0.15, -0.1) is 0 Å². The van der Waals surface area contributed by atoms with Crippen LogP contribution < -0.4 is 5.56 Å². The SMILES string of the molecule is Cc1ccc2cc(CN(CCCO)S(=O)(=O)c3ccccc3)c(=O)[nH]c2c1. The summed E-state index contributed by atoms with van der Waals surface area (Å²) in [5.41, 5.74) is 1.80. The van der Waals surface area contributed by atoms with E-state index in [1.165, 1.54) is 16.4 Å². The average Bonchev–Trinajstić information content (AvgIpc) is 2.66. The highest BCUT2D eigenvalue weighted by molar-refractivity contribution is 7.89. The Morgan fingerprint density at radius 1 is 1.07 bits per heavy atom. The largest absolute Gasteiger partial charge is 0.396 e. The molecule has 1 aromatic heterocycles. The minimum Gasteiger partial charge on any atom is -0.396 e. The summed E-state index contributed by atoms with van der Waals surface area (Å²) in [6.07, 6.45) is 0.288. The van der Waals surface area contributed by atoms with Gasteiger partial charge in [-0.25, -0.2) is 8.42 Å². The molecule has 1 heterocycles. The molecule has 0 radical (unpaired) electrons. The van der Waals surface area contributed by atoms with Gasteiger partial charge in [0.05, 0.1) is 4.90 Å². The third kappa shape index (κ3) is 4.27. The van der Waals surface area contributed by atoms with Crippen molar-refractivity contribution in [3.05, 3.63) is 76.1 Å². The van der Waals surface area contributed by atoms with Crippen LogP contribution in [0, 0.1) is 6.92 Å². The Balaban J connectivity index is 2.00. The molecule has 0 bridgehead atoms. The summed E-state index contributed by atoms with van der Waals surface area (Å²) in [7, 11) is -3.78. The Morgan fingerprint density at radius 3 is 2.52 bits per heavy atom. The molecule has 0 aliphatic heterocycles. The van der Waals surface area contributed by atoms with E-state index in [0.717, 1.165) is 16.5 Å². The number of aliphatic hydroxyl groups excluding tert-OH is 1. The Morgan fingerprint density at radius 2 is 1.81 bits per heavy atom. The predicted octanol–water partition coefficient (Wildman–Crippen LogP) is 2.41. The highest BCUT2D eigenvalue weighted by Gasteiger charge is 2.25. The monoisotopic (exact) mass is 386 g/mol. The molecule has 0 fully saturated rings. The molecular formula is C20H22N2O4S. The molecule has 0 aliphatic carbocycles.